The molecule has 1 aliphatic carbocycles. The second-order valence-electron chi connectivity index (χ2n) is 7.54. The zero-order valence-corrected chi connectivity index (χ0v) is 16.7. The number of benzene rings is 1. The summed E-state index contributed by atoms with van der Waals surface area (Å²) in [6.07, 6.45) is 10.1. The number of methoxy groups -OCH3 is 1. The van der Waals surface area contributed by atoms with Gasteiger partial charge in [0, 0.05) is 31.2 Å². The summed E-state index contributed by atoms with van der Waals surface area (Å²) in [5.74, 6) is 1.39. The van der Waals surface area contributed by atoms with Gasteiger partial charge in [0.2, 0.25) is 5.91 Å². The number of hydrogen-bond acceptors (Lipinski definition) is 4. The molecule has 0 unspecified atom stereocenters. The van der Waals surface area contributed by atoms with Crippen molar-refractivity contribution in [2.75, 3.05) is 12.4 Å². The average Bonchev–Trinajstić information content (AvgIpc) is 3.43. The minimum Gasteiger partial charge on any atom is -0.497 e. The van der Waals surface area contributed by atoms with Crippen molar-refractivity contribution in [2.24, 2.45) is 0 Å². The number of nitrogens with one attached hydrogen (secondary N) is 1. The zero-order chi connectivity index (χ0) is 20.1. The van der Waals surface area contributed by atoms with Gasteiger partial charge in [-0.05, 0) is 54.7 Å². The number of rotatable bonds is 7. The Kier molecular flexibility index (Phi) is 5.60. The van der Waals surface area contributed by atoms with E-state index in [4.69, 9.17) is 4.74 Å². The third-order valence-corrected chi connectivity index (χ3v) is 5.78. The predicted molar refractivity (Wildman–Crippen MR) is 112 cm³/mol. The van der Waals surface area contributed by atoms with Gasteiger partial charge in [-0.2, -0.15) is 5.10 Å². The van der Waals surface area contributed by atoms with E-state index in [0.717, 1.165) is 50.0 Å². The van der Waals surface area contributed by atoms with Crippen molar-refractivity contribution < 1.29 is 9.53 Å². The molecule has 150 valence electrons. The third-order valence-electron chi connectivity index (χ3n) is 5.78. The first-order valence-electron chi connectivity index (χ1n) is 10.1. The van der Waals surface area contributed by atoms with Crippen molar-refractivity contribution in [1.82, 2.24) is 14.8 Å². The van der Waals surface area contributed by atoms with Gasteiger partial charge in [0.15, 0.2) is 5.82 Å². The predicted octanol–water partition coefficient (Wildman–Crippen LogP) is 3.98. The molecule has 1 aliphatic rings. The largest absolute Gasteiger partial charge is 0.497 e. The van der Waals surface area contributed by atoms with Gasteiger partial charge in [-0.25, -0.2) is 0 Å². The van der Waals surface area contributed by atoms with Crippen LogP contribution in [-0.2, 0) is 23.2 Å². The highest BCUT2D eigenvalue weighted by atomic mass is 16.5. The molecule has 4 rings (SSSR count). The van der Waals surface area contributed by atoms with Crippen LogP contribution in [0.5, 0.6) is 5.75 Å². The number of amides is 1. The Bertz CT molecular complexity index is 962. The van der Waals surface area contributed by atoms with Gasteiger partial charge >= 0.3 is 0 Å². The molecular weight excluding hydrogens is 364 g/mol. The summed E-state index contributed by atoms with van der Waals surface area (Å²) in [5.41, 5.74) is 1.71. The number of anilines is 1. The van der Waals surface area contributed by atoms with Gasteiger partial charge in [0.1, 0.15) is 5.75 Å². The normalized spacial score (nSPS) is 15.2. The van der Waals surface area contributed by atoms with E-state index < -0.39 is 5.41 Å². The molecule has 0 saturated heterocycles. The summed E-state index contributed by atoms with van der Waals surface area (Å²) in [7, 11) is 1.65. The highest BCUT2D eigenvalue weighted by molar-refractivity contribution is 5.98. The van der Waals surface area contributed by atoms with Crippen LogP contribution in [0.2, 0.25) is 0 Å². The lowest BCUT2D eigenvalue weighted by molar-refractivity contribution is -0.121. The van der Waals surface area contributed by atoms with Gasteiger partial charge in [-0.15, -0.1) is 0 Å². The number of nitrogens with zero attached hydrogens (tertiary/aromatic N) is 3. The Labute approximate surface area is 170 Å². The van der Waals surface area contributed by atoms with Crippen LogP contribution in [0, 0.1) is 0 Å². The first kappa shape index (κ1) is 19.2. The quantitative estimate of drug-likeness (QED) is 0.663. The van der Waals surface area contributed by atoms with E-state index in [1.54, 1.807) is 19.5 Å². The van der Waals surface area contributed by atoms with E-state index in [0.29, 0.717) is 5.82 Å². The molecule has 0 atom stereocenters. The summed E-state index contributed by atoms with van der Waals surface area (Å²) in [6.45, 7) is 0.751. The van der Waals surface area contributed by atoms with Crippen LogP contribution in [-0.4, -0.2) is 27.8 Å². The summed E-state index contributed by atoms with van der Waals surface area (Å²) < 4.78 is 7.24. The number of aromatic nitrogens is 3. The number of aryl methyl sites for hydroxylation is 2. The highest BCUT2D eigenvalue weighted by Crippen LogP contribution is 2.42. The summed E-state index contributed by atoms with van der Waals surface area (Å²) >= 11 is 0. The van der Waals surface area contributed by atoms with E-state index in [9.17, 15) is 4.79 Å². The van der Waals surface area contributed by atoms with Crippen LogP contribution in [0.1, 0.15) is 36.8 Å². The third kappa shape index (κ3) is 4.16. The maximum absolute atomic E-state index is 13.3. The van der Waals surface area contributed by atoms with Crippen molar-refractivity contribution in [3.63, 3.8) is 0 Å². The monoisotopic (exact) mass is 390 g/mol. The maximum Gasteiger partial charge on any atom is 0.236 e. The van der Waals surface area contributed by atoms with Crippen LogP contribution in [0.25, 0.3) is 0 Å². The smallest absolute Gasteiger partial charge is 0.236 e. The second-order valence-corrected chi connectivity index (χ2v) is 7.54. The SMILES string of the molecule is COc1cccc(C2(C(=O)Nc3ccn(CCc4ccncc4)n3)CCCC2)c1. The fraction of sp³-hybridized carbons (Fsp3) is 0.348. The molecular formula is C23H26N4O2. The average molecular weight is 390 g/mol. The molecule has 1 saturated carbocycles. The van der Waals surface area contributed by atoms with Gasteiger partial charge in [-0.3, -0.25) is 14.5 Å². The number of ether oxygens (including phenoxy) is 1. The van der Waals surface area contributed by atoms with Gasteiger partial charge in [-0.1, -0.05) is 25.0 Å². The lowest BCUT2D eigenvalue weighted by atomic mass is 9.78. The molecule has 29 heavy (non-hydrogen) atoms. The zero-order valence-electron chi connectivity index (χ0n) is 16.7. The van der Waals surface area contributed by atoms with E-state index in [-0.39, 0.29) is 5.91 Å². The van der Waals surface area contributed by atoms with Crippen LogP contribution in [0.4, 0.5) is 5.82 Å². The minimum absolute atomic E-state index is 0.0163. The fourth-order valence-corrected chi connectivity index (χ4v) is 4.13. The Balaban J connectivity index is 1.46. The molecule has 1 amide bonds. The molecule has 6 heteroatoms. The lowest BCUT2D eigenvalue weighted by Crippen LogP contribution is -2.38. The lowest BCUT2D eigenvalue weighted by Gasteiger charge is -2.28. The maximum atomic E-state index is 13.3. The van der Waals surface area contributed by atoms with Gasteiger partial charge in [0.05, 0.1) is 12.5 Å². The van der Waals surface area contributed by atoms with Crippen molar-refractivity contribution in [2.45, 2.75) is 44.1 Å². The molecule has 0 bridgehead atoms. The number of carbonyl (C=O) groups excluding carboxylic acids is 1. The standard InChI is InChI=1S/C23H26N4O2/c1-29-20-6-4-5-19(17-20)23(11-2-3-12-23)22(28)25-21-10-16-27(26-21)15-9-18-7-13-24-14-8-18/h4-8,10,13-14,16-17H,2-3,9,11-12,15H2,1H3,(H,25,26,28). The Morgan fingerprint density at radius 3 is 2.72 bits per heavy atom. The number of hydrogen-bond donors (Lipinski definition) is 1. The van der Waals surface area contributed by atoms with Crippen LogP contribution in [0.15, 0.2) is 61.1 Å². The molecule has 0 spiro atoms. The van der Waals surface area contributed by atoms with Gasteiger partial charge in [0.25, 0.3) is 0 Å². The molecule has 1 fully saturated rings. The Hall–Kier alpha value is -3.15. The fourth-order valence-electron chi connectivity index (χ4n) is 4.13. The Morgan fingerprint density at radius 2 is 1.97 bits per heavy atom. The van der Waals surface area contributed by atoms with E-state index in [1.807, 2.05) is 53.3 Å². The van der Waals surface area contributed by atoms with Gasteiger partial charge < -0.3 is 10.1 Å². The van der Waals surface area contributed by atoms with Crippen LogP contribution < -0.4 is 10.1 Å². The Morgan fingerprint density at radius 1 is 1.17 bits per heavy atom. The first-order valence-corrected chi connectivity index (χ1v) is 10.1. The number of carbonyl (C=O) groups is 1. The molecule has 2 aromatic heterocycles. The molecule has 1 N–H and O–H groups in total. The van der Waals surface area contributed by atoms with E-state index in [1.165, 1.54) is 5.56 Å². The van der Waals surface area contributed by atoms with Crippen molar-refractivity contribution in [3.05, 3.63) is 72.2 Å². The van der Waals surface area contributed by atoms with E-state index in [2.05, 4.69) is 15.4 Å². The molecule has 1 aromatic carbocycles. The topological polar surface area (TPSA) is 69.0 Å². The molecule has 0 aliphatic heterocycles. The summed E-state index contributed by atoms with van der Waals surface area (Å²) in [4.78, 5) is 17.4. The summed E-state index contributed by atoms with van der Waals surface area (Å²) in [6, 6.07) is 13.7. The van der Waals surface area contributed by atoms with Crippen molar-refractivity contribution in [3.8, 4) is 5.75 Å². The summed E-state index contributed by atoms with van der Waals surface area (Å²) in [5, 5.41) is 7.60. The molecule has 0 radical (unpaired) electrons. The van der Waals surface area contributed by atoms with E-state index >= 15 is 0 Å². The van der Waals surface area contributed by atoms with Crippen LogP contribution >= 0.6 is 0 Å². The minimum atomic E-state index is -0.518. The molecule has 3 aromatic rings. The number of pyridine rings is 1. The van der Waals surface area contributed by atoms with Crippen LogP contribution in [0.3, 0.4) is 0 Å². The van der Waals surface area contributed by atoms with Crippen molar-refractivity contribution >= 4 is 11.7 Å². The first-order chi connectivity index (χ1) is 14.2. The van der Waals surface area contributed by atoms with Crippen molar-refractivity contribution in [1.29, 1.82) is 0 Å². The molecule has 6 nitrogen and oxygen atoms in total. The molecule has 2 heterocycles. The second kappa shape index (κ2) is 8.47. The highest BCUT2D eigenvalue weighted by Gasteiger charge is 2.43.